The van der Waals surface area contributed by atoms with Crippen LogP contribution in [0.15, 0.2) is 16.9 Å². The fourth-order valence-electron chi connectivity index (χ4n) is 1.21. The quantitative estimate of drug-likeness (QED) is 0.775. The summed E-state index contributed by atoms with van der Waals surface area (Å²) in [6, 6.07) is 0. The Morgan fingerprint density at radius 3 is 3.07 bits per heavy atom. The fraction of sp³-hybridized carbons (Fsp3) is 0.375. The minimum Gasteiger partial charge on any atom is -0.359 e. The van der Waals surface area contributed by atoms with Crippen LogP contribution in [0.5, 0.6) is 0 Å². The Morgan fingerprint density at radius 1 is 1.57 bits per heavy atom. The topological polar surface area (TPSA) is 68.8 Å². The second-order valence-corrected chi connectivity index (χ2v) is 2.86. The minimum absolute atomic E-state index is 0.539. The van der Waals surface area contributed by atoms with Crippen LogP contribution >= 0.6 is 0 Å². The molecule has 0 saturated carbocycles. The Labute approximate surface area is 81.0 Å². The van der Waals surface area contributed by atoms with E-state index in [-0.39, 0.29) is 0 Å². The Morgan fingerprint density at radius 2 is 2.43 bits per heavy atom. The van der Waals surface area contributed by atoms with Gasteiger partial charge in [-0.2, -0.15) is 4.98 Å². The van der Waals surface area contributed by atoms with Gasteiger partial charge in [-0.1, -0.05) is 5.16 Å². The van der Waals surface area contributed by atoms with E-state index in [0.29, 0.717) is 18.3 Å². The number of aromatic nitrogens is 4. The van der Waals surface area contributed by atoms with Crippen molar-refractivity contribution in [3.05, 3.63) is 24.1 Å². The number of nitrogens with one attached hydrogen (secondary N) is 1. The van der Waals surface area contributed by atoms with E-state index < -0.39 is 0 Å². The number of aryl methyl sites for hydroxylation is 1. The van der Waals surface area contributed by atoms with Crippen LogP contribution in [0.1, 0.15) is 11.7 Å². The van der Waals surface area contributed by atoms with Gasteiger partial charge >= 0.3 is 0 Å². The normalized spacial score (nSPS) is 10.4. The van der Waals surface area contributed by atoms with E-state index in [4.69, 9.17) is 4.52 Å². The molecule has 2 aromatic rings. The molecule has 0 aliphatic carbocycles. The van der Waals surface area contributed by atoms with E-state index in [1.807, 2.05) is 17.8 Å². The van der Waals surface area contributed by atoms with Gasteiger partial charge in [0, 0.05) is 19.4 Å². The highest BCUT2D eigenvalue weighted by Gasteiger charge is 2.06. The zero-order chi connectivity index (χ0) is 9.97. The molecule has 0 fully saturated rings. The first-order valence-corrected chi connectivity index (χ1v) is 4.27. The first-order valence-electron chi connectivity index (χ1n) is 4.27. The molecule has 0 aliphatic heterocycles. The fourth-order valence-corrected chi connectivity index (χ4v) is 1.21. The maximum atomic E-state index is 5.00. The molecule has 0 atom stereocenters. The highest BCUT2D eigenvalue weighted by atomic mass is 16.5. The summed E-state index contributed by atoms with van der Waals surface area (Å²) in [5.74, 6) is 2.00. The van der Waals surface area contributed by atoms with Crippen molar-refractivity contribution in [3.63, 3.8) is 0 Å². The number of hydrogen-bond donors (Lipinski definition) is 1. The van der Waals surface area contributed by atoms with Gasteiger partial charge in [-0.3, -0.25) is 0 Å². The van der Waals surface area contributed by atoms with Crippen molar-refractivity contribution in [1.82, 2.24) is 19.7 Å². The van der Waals surface area contributed by atoms with Crippen molar-refractivity contribution >= 4 is 5.95 Å². The standard InChI is InChI=1S/C8H11N5O/c1-6-11-7(14-12-6)5-13-4-3-10-8(13)9-2/h3-4H,5H2,1-2H3,(H,9,10). The summed E-state index contributed by atoms with van der Waals surface area (Å²) >= 11 is 0. The van der Waals surface area contributed by atoms with Crippen LogP contribution in [-0.2, 0) is 6.54 Å². The molecule has 14 heavy (non-hydrogen) atoms. The number of hydrogen-bond acceptors (Lipinski definition) is 5. The molecule has 0 unspecified atom stereocenters. The van der Waals surface area contributed by atoms with Crippen LogP contribution in [-0.4, -0.2) is 26.7 Å². The van der Waals surface area contributed by atoms with Gasteiger partial charge in [-0.25, -0.2) is 4.98 Å². The molecule has 0 radical (unpaired) electrons. The van der Waals surface area contributed by atoms with Crippen LogP contribution in [0.4, 0.5) is 5.95 Å². The van der Waals surface area contributed by atoms with Crippen molar-refractivity contribution in [2.24, 2.45) is 0 Å². The maximum absolute atomic E-state index is 5.00. The molecule has 0 aromatic carbocycles. The van der Waals surface area contributed by atoms with E-state index >= 15 is 0 Å². The molecule has 6 nitrogen and oxygen atoms in total. The summed E-state index contributed by atoms with van der Waals surface area (Å²) in [6.45, 7) is 2.33. The Kier molecular flexibility index (Phi) is 2.18. The smallest absolute Gasteiger partial charge is 0.246 e. The Hall–Kier alpha value is -1.85. The molecule has 2 heterocycles. The molecule has 0 aliphatic rings. The zero-order valence-corrected chi connectivity index (χ0v) is 8.06. The van der Waals surface area contributed by atoms with Crippen LogP contribution in [0.25, 0.3) is 0 Å². The van der Waals surface area contributed by atoms with Crippen molar-refractivity contribution < 1.29 is 4.52 Å². The second kappa shape index (κ2) is 3.49. The Bertz CT molecular complexity index is 419. The van der Waals surface area contributed by atoms with Gasteiger partial charge in [0.15, 0.2) is 5.82 Å². The minimum atomic E-state index is 0.539. The summed E-state index contributed by atoms with van der Waals surface area (Å²) in [4.78, 5) is 8.21. The molecule has 2 rings (SSSR count). The largest absolute Gasteiger partial charge is 0.359 e. The molecule has 0 bridgehead atoms. The lowest BCUT2D eigenvalue weighted by molar-refractivity contribution is 0.368. The summed E-state index contributed by atoms with van der Waals surface area (Å²) < 4.78 is 6.90. The molecular formula is C8H11N5O. The molecule has 0 amide bonds. The predicted molar refractivity (Wildman–Crippen MR) is 49.9 cm³/mol. The first kappa shape index (κ1) is 8.74. The summed E-state index contributed by atoms with van der Waals surface area (Å²) in [5.41, 5.74) is 0. The van der Waals surface area contributed by atoms with Crippen molar-refractivity contribution in [2.75, 3.05) is 12.4 Å². The van der Waals surface area contributed by atoms with Crippen molar-refractivity contribution in [2.45, 2.75) is 13.5 Å². The Balaban J connectivity index is 2.18. The molecule has 0 saturated heterocycles. The highest BCUT2D eigenvalue weighted by molar-refractivity contribution is 5.24. The van der Waals surface area contributed by atoms with Crippen LogP contribution in [0.3, 0.4) is 0 Å². The summed E-state index contributed by atoms with van der Waals surface area (Å²) in [7, 11) is 1.82. The third-order valence-corrected chi connectivity index (χ3v) is 1.81. The predicted octanol–water partition coefficient (Wildman–Crippen LogP) is 0.665. The van der Waals surface area contributed by atoms with E-state index in [1.165, 1.54) is 0 Å². The zero-order valence-electron chi connectivity index (χ0n) is 8.06. The van der Waals surface area contributed by atoms with Gasteiger partial charge in [0.05, 0.1) is 0 Å². The first-order chi connectivity index (χ1) is 6.79. The molecule has 6 heteroatoms. The van der Waals surface area contributed by atoms with Crippen LogP contribution < -0.4 is 5.32 Å². The van der Waals surface area contributed by atoms with Gasteiger partial charge in [0.2, 0.25) is 11.8 Å². The van der Waals surface area contributed by atoms with E-state index in [2.05, 4.69) is 20.4 Å². The van der Waals surface area contributed by atoms with E-state index in [9.17, 15) is 0 Å². The van der Waals surface area contributed by atoms with E-state index in [0.717, 1.165) is 5.95 Å². The number of imidazole rings is 1. The van der Waals surface area contributed by atoms with Gasteiger partial charge in [0.1, 0.15) is 6.54 Å². The molecule has 2 aromatic heterocycles. The van der Waals surface area contributed by atoms with Crippen LogP contribution in [0, 0.1) is 6.92 Å². The highest BCUT2D eigenvalue weighted by Crippen LogP contribution is 2.06. The van der Waals surface area contributed by atoms with Gasteiger partial charge in [-0.05, 0) is 6.92 Å². The lowest BCUT2D eigenvalue weighted by Gasteiger charge is -2.02. The molecule has 0 spiro atoms. The van der Waals surface area contributed by atoms with Crippen LogP contribution in [0.2, 0.25) is 0 Å². The van der Waals surface area contributed by atoms with Crippen molar-refractivity contribution in [3.8, 4) is 0 Å². The summed E-state index contributed by atoms with van der Waals surface area (Å²) in [6.07, 6.45) is 3.57. The number of rotatable bonds is 3. The molecule has 1 N–H and O–H groups in total. The lowest BCUT2D eigenvalue weighted by atomic mass is 10.6. The number of nitrogens with zero attached hydrogens (tertiary/aromatic N) is 4. The van der Waals surface area contributed by atoms with Gasteiger partial charge in [0.25, 0.3) is 0 Å². The molecule has 74 valence electrons. The second-order valence-electron chi connectivity index (χ2n) is 2.86. The van der Waals surface area contributed by atoms with Crippen molar-refractivity contribution in [1.29, 1.82) is 0 Å². The SMILES string of the molecule is CNc1nccn1Cc1nc(C)no1. The monoisotopic (exact) mass is 193 g/mol. The lowest BCUT2D eigenvalue weighted by Crippen LogP contribution is -2.04. The average molecular weight is 193 g/mol. The van der Waals surface area contributed by atoms with Gasteiger partial charge < -0.3 is 14.4 Å². The molecular weight excluding hydrogens is 182 g/mol. The third-order valence-electron chi connectivity index (χ3n) is 1.81. The average Bonchev–Trinajstić information content (AvgIpc) is 2.76. The van der Waals surface area contributed by atoms with Gasteiger partial charge in [-0.15, -0.1) is 0 Å². The maximum Gasteiger partial charge on any atom is 0.246 e. The third kappa shape index (κ3) is 1.59. The number of anilines is 1. The summed E-state index contributed by atoms with van der Waals surface area (Å²) in [5, 5.41) is 6.68. The van der Waals surface area contributed by atoms with E-state index in [1.54, 1.807) is 13.1 Å².